The molecule has 0 heteroatoms. The minimum absolute atomic E-state index is 0.683. The molecule has 0 fully saturated rings. The molecule has 1 atom stereocenters. The second-order valence-corrected chi connectivity index (χ2v) is 4.94. The lowest BCUT2D eigenvalue weighted by Crippen LogP contribution is -1.92. The summed E-state index contributed by atoms with van der Waals surface area (Å²) >= 11 is 0. The summed E-state index contributed by atoms with van der Waals surface area (Å²) in [6.07, 6.45) is 8.59. The lowest BCUT2D eigenvalue weighted by molar-refractivity contribution is 0.699. The van der Waals surface area contributed by atoms with Crippen molar-refractivity contribution in [2.24, 2.45) is 0 Å². The Kier molecular flexibility index (Phi) is 1.59. The van der Waals surface area contributed by atoms with Crippen molar-refractivity contribution in [2.75, 3.05) is 0 Å². The number of aryl methyl sites for hydroxylation is 1. The molecule has 16 heavy (non-hydrogen) atoms. The van der Waals surface area contributed by atoms with Crippen LogP contribution < -0.4 is 0 Å². The van der Waals surface area contributed by atoms with Gasteiger partial charge < -0.3 is 0 Å². The molecule has 0 aromatic heterocycles. The zero-order chi connectivity index (χ0) is 10.5. The van der Waals surface area contributed by atoms with Gasteiger partial charge in [0.15, 0.2) is 0 Å². The topological polar surface area (TPSA) is 0 Å². The van der Waals surface area contributed by atoms with Gasteiger partial charge in [-0.1, -0.05) is 42.5 Å². The van der Waals surface area contributed by atoms with Crippen LogP contribution in [0.25, 0.3) is 16.8 Å². The van der Waals surface area contributed by atoms with Gasteiger partial charge in [0, 0.05) is 5.92 Å². The third-order valence-corrected chi connectivity index (χ3v) is 4.05. The van der Waals surface area contributed by atoms with E-state index in [1.807, 2.05) is 0 Å². The van der Waals surface area contributed by atoms with Crippen LogP contribution in [0.15, 0.2) is 36.4 Å². The largest absolute Gasteiger partial charge is 0.0764 e. The molecule has 2 aromatic carbocycles. The van der Waals surface area contributed by atoms with Crippen LogP contribution in [0.4, 0.5) is 0 Å². The molecule has 2 aromatic rings. The molecular formula is C16H14. The van der Waals surface area contributed by atoms with E-state index in [1.54, 1.807) is 16.5 Å². The Bertz CT molecular complexity index is 605. The molecule has 0 bridgehead atoms. The average molecular weight is 206 g/mol. The maximum atomic E-state index is 2.40. The lowest BCUT2D eigenvalue weighted by atomic mass is 9.92. The van der Waals surface area contributed by atoms with Crippen LogP contribution in [0.1, 0.15) is 35.4 Å². The zero-order valence-electron chi connectivity index (χ0n) is 9.24. The first-order valence-corrected chi connectivity index (χ1v) is 6.16. The van der Waals surface area contributed by atoms with Crippen LogP contribution in [-0.4, -0.2) is 0 Å². The maximum absolute atomic E-state index is 2.40. The van der Waals surface area contributed by atoms with Crippen LogP contribution in [0, 0.1) is 0 Å². The second-order valence-electron chi connectivity index (χ2n) is 4.94. The third-order valence-electron chi connectivity index (χ3n) is 4.05. The summed E-state index contributed by atoms with van der Waals surface area (Å²) in [7, 11) is 0. The highest BCUT2D eigenvalue weighted by atomic mass is 14.3. The van der Waals surface area contributed by atoms with Crippen LogP contribution in [-0.2, 0) is 6.42 Å². The summed E-state index contributed by atoms with van der Waals surface area (Å²) in [5.74, 6) is 0.683. The SMILES string of the molecule is C1=CC2CCCc3cccc4ccc1c2c34. The predicted molar refractivity (Wildman–Crippen MR) is 68.7 cm³/mol. The number of benzene rings is 2. The van der Waals surface area contributed by atoms with E-state index in [0.717, 1.165) is 0 Å². The molecule has 0 N–H and O–H groups in total. The fourth-order valence-corrected chi connectivity index (χ4v) is 3.32. The highest BCUT2D eigenvalue weighted by Crippen LogP contribution is 2.42. The quantitative estimate of drug-likeness (QED) is 0.603. The molecule has 0 spiro atoms. The van der Waals surface area contributed by atoms with Crippen molar-refractivity contribution in [3.8, 4) is 0 Å². The molecular weight excluding hydrogens is 192 g/mol. The maximum Gasteiger partial charge on any atom is 0.00336 e. The summed E-state index contributed by atoms with van der Waals surface area (Å²) in [5, 5.41) is 2.97. The molecule has 0 saturated heterocycles. The van der Waals surface area contributed by atoms with E-state index in [0.29, 0.717) is 5.92 Å². The van der Waals surface area contributed by atoms with Crippen molar-refractivity contribution in [3.05, 3.63) is 53.1 Å². The van der Waals surface area contributed by atoms with Crippen molar-refractivity contribution in [2.45, 2.75) is 25.2 Å². The van der Waals surface area contributed by atoms with Crippen LogP contribution in [0.5, 0.6) is 0 Å². The van der Waals surface area contributed by atoms with Crippen LogP contribution in [0.2, 0.25) is 0 Å². The predicted octanol–water partition coefficient (Wildman–Crippen LogP) is 4.29. The molecule has 78 valence electrons. The molecule has 1 unspecified atom stereocenters. The number of rotatable bonds is 0. The van der Waals surface area contributed by atoms with E-state index < -0.39 is 0 Å². The fraction of sp³-hybridized carbons (Fsp3) is 0.250. The van der Waals surface area contributed by atoms with Gasteiger partial charge in [0.25, 0.3) is 0 Å². The smallest absolute Gasteiger partial charge is 0.00336 e. The number of hydrogen-bond acceptors (Lipinski definition) is 0. The Balaban J connectivity index is 2.21. The Labute approximate surface area is 95.6 Å². The molecule has 0 nitrogen and oxygen atoms in total. The van der Waals surface area contributed by atoms with Crippen molar-refractivity contribution >= 4 is 16.8 Å². The van der Waals surface area contributed by atoms with E-state index >= 15 is 0 Å². The van der Waals surface area contributed by atoms with Crippen LogP contribution >= 0.6 is 0 Å². The van der Waals surface area contributed by atoms with Gasteiger partial charge in [0.2, 0.25) is 0 Å². The minimum Gasteiger partial charge on any atom is -0.0764 e. The Morgan fingerprint density at radius 2 is 2.06 bits per heavy atom. The van der Waals surface area contributed by atoms with Crippen molar-refractivity contribution in [1.82, 2.24) is 0 Å². The Morgan fingerprint density at radius 3 is 3.06 bits per heavy atom. The van der Waals surface area contributed by atoms with Gasteiger partial charge in [-0.3, -0.25) is 0 Å². The van der Waals surface area contributed by atoms with Crippen molar-refractivity contribution in [1.29, 1.82) is 0 Å². The normalized spacial score (nSPS) is 21.4. The van der Waals surface area contributed by atoms with E-state index in [1.165, 1.54) is 30.2 Å². The first kappa shape index (κ1) is 8.58. The molecule has 0 radical (unpaired) electrons. The summed E-state index contributed by atoms with van der Waals surface area (Å²) < 4.78 is 0. The van der Waals surface area contributed by atoms with Gasteiger partial charge >= 0.3 is 0 Å². The van der Waals surface area contributed by atoms with Crippen molar-refractivity contribution < 1.29 is 0 Å². The van der Waals surface area contributed by atoms with Gasteiger partial charge in [-0.05, 0) is 46.7 Å². The van der Waals surface area contributed by atoms with E-state index in [-0.39, 0.29) is 0 Å². The Hall–Kier alpha value is -1.56. The highest BCUT2D eigenvalue weighted by molar-refractivity contribution is 5.94. The summed E-state index contributed by atoms with van der Waals surface area (Å²) in [6.45, 7) is 0. The lowest BCUT2D eigenvalue weighted by Gasteiger charge is -2.12. The molecule has 0 saturated carbocycles. The third kappa shape index (κ3) is 0.996. The monoisotopic (exact) mass is 206 g/mol. The van der Waals surface area contributed by atoms with E-state index in [9.17, 15) is 0 Å². The minimum atomic E-state index is 0.683. The van der Waals surface area contributed by atoms with Crippen LogP contribution in [0.3, 0.4) is 0 Å². The Morgan fingerprint density at radius 1 is 1.06 bits per heavy atom. The van der Waals surface area contributed by atoms with Gasteiger partial charge in [-0.25, -0.2) is 0 Å². The molecule has 0 heterocycles. The van der Waals surface area contributed by atoms with Gasteiger partial charge in [0.1, 0.15) is 0 Å². The summed E-state index contributed by atoms with van der Waals surface area (Å²) in [6, 6.07) is 11.3. The molecule has 0 aliphatic heterocycles. The summed E-state index contributed by atoms with van der Waals surface area (Å²) in [4.78, 5) is 0. The van der Waals surface area contributed by atoms with Crippen molar-refractivity contribution in [3.63, 3.8) is 0 Å². The molecule has 0 amide bonds. The van der Waals surface area contributed by atoms with Gasteiger partial charge in [-0.15, -0.1) is 0 Å². The first-order chi connectivity index (χ1) is 7.93. The zero-order valence-corrected chi connectivity index (χ0v) is 9.24. The molecule has 4 rings (SSSR count). The first-order valence-electron chi connectivity index (χ1n) is 6.16. The number of hydrogen-bond donors (Lipinski definition) is 0. The van der Waals surface area contributed by atoms with E-state index in [4.69, 9.17) is 0 Å². The molecule has 2 aliphatic carbocycles. The fourth-order valence-electron chi connectivity index (χ4n) is 3.32. The average Bonchev–Trinajstić information content (AvgIpc) is 2.64. The van der Waals surface area contributed by atoms with E-state index in [2.05, 4.69) is 42.5 Å². The standard InChI is InChI=1S/C16H14/c1-3-11-4-2-6-13-8-10-14-9-7-12(5-1)15(11)16(13)14/h1,3,5,7-10,13H,2,4,6H2. The second kappa shape index (κ2) is 2.98. The van der Waals surface area contributed by atoms with Gasteiger partial charge in [-0.2, -0.15) is 0 Å². The number of allylic oxidation sites excluding steroid dienone is 1. The highest BCUT2D eigenvalue weighted by Gasteiger charge is 2.23. The van der Waals surface area contributed by atoms with Gasteiger partial charge in [0.05, 0.1) is 0 Å². The summed E-state index contributed by atoms with van der Waals surface area (Å²) in [5.41, 5.74) is 4.61. The molecule has 2 aliphatic rings.